The molecule has 1 aliphatic rings. The first-order valence-corrected chi connectivity index (χ1v) is 11.1. The minimum Gasteiger partial charge on any atom is -0.497 e. The number of rotatable bonds is 6. The smallest absolute Gasteiger partial charge is 0.244 e. The molecule has 4 rings (SSSR count). The van der Waals surface area contributed by atoms with Gasteiger partial charge in [0.25, 0.3) is 0 Å². The van der Waals surface area contributed by atoms with Crippen LogP contribution in [0.15, 0.2) is 77.7 Å². The molecule has 1 atom stereocenters. The standard InChI is InChI=1S/C25H24N2O4S/c1-30-18-12-13-21(31-2)19(14-18)26-24(28)16-27-20-10-6-7-11-22(20)32-23(15-25(27)29)17-8-4-3-5-9-17/h3-14,23H,15-16H2,1-2H3,(H,26,28). The number of hydrogen-bond acceptors (Lipinski definition) is 5. The number of hydrogen-bond donors (Lipinski definition) is 1. The molecule has 0 saturated heterocycles. The lowest BCUT2D eigenvalue weighted by Gasteiger charge is -2.22. The fourth-order valence-corrected chi connectivity index (χ4v) is 4.93. The molecule has 6 nitrogen and oxygen atoms in total. The lowest BCUT2D eigenvalue weighted by Crippen LogP contribution is -2.38. The van der Waals surface area contributed by atoms with E-state index in [-0.39, 0.29) is 23.6 Å². The zero-order valence-corrected chi connectivity index (χ0v) is 18.7. The number of amides is 2. The lowest BCUT2D eigenvalue weighted by atomic mass is 10.1. The molecule has 0 spiro atoms. The van der Waals surface area contributed by atoms with Crippen LogP contribution in [0, 0.1) is 0 Å². The number of para-hydroxylation sites is 1. The highest BCUT2D eigenvalue weighted by molar-refractivity contribution is 7.99. The molecule has 1 aliphatic heterocycles. The molecule has 3 aromatic rings. The highest BCUT2D eigenvalue weighted by Crippen LogP contribution is 2.45. The summed E-state index contributed by atoms with van der Waals surface area (Å²) in [5.74, 6) is 0.702. The molecule has 32 heavy (non-hydrogen) atoms. The summed E-state index contributed by atoms with van der Waals surface area (Å²) >= 11 is 1.65. The van der Waals surface area contributed by atoms with E-state index in [1.807, 2.05) is 54.6 Å². The Kier molecular flexibility index (Phi) is 6.66. The Balaban J connectivity index is 1.58. The lowest BCUT2D eigenvalue weighted by molar-refractivity contribution is -0.121. The number of benzene rings is 3. The van der Waals surface area contributed by atoms with Crippen LogP contribution in [-0.2, 0) is 9.59 Å². The number of ether oxygens (including phenoxy) is 2. The second kappa shape index (κ2) is 9.78. The van der Waals surface area contributed by atoms with E-state index >= 15 is 0 Å². The van der Waals surface area contributed by atoms with Crippen molar-refractivity contribution in [2.24, 2.45) is 0 Å². The van der Waals surface area contributed by atoms with Crippen molar-refractivity contribution in [1.29, 1.82) is 0 Å². The van der Waals surface area contributed by atoms with E-state index in [4.69, 9.17) is 9.47 Å². The van der Waals surface area contributed by atoms with Gasteiger partial charge >= 0.3 is 0 Å². The van der Waals surface area contributed by atoms with Crippen LogP contribution in [0.2, 0.25) is 0 Å². The van der Waals surface area contributed by atoms with Gasteiger partial charge in [-0.05, 0) is 29.8 Å². The molecule has 3 aromatic carbocycles. The van der Waals surface area contributed by atoms with Gasteiger partial charge in [-0.1, -0.05) is 42.5 Å². The van der Waals surface area contributed by atoms with Crippen molar-refractivity contribution in [3.05, 3.63) is 78.4 Å². The fraction of sp³-hybridized carbons (Fsp3) is 0.200. The maximum atomic E-state index is 13.3. The Morgan fingerprint density at radius 3 is 2.53 bits per heavy atom. The average Bonchev–Trinajstić information content (AvgIpc) is 2.96. The molecule has 7 heteroatoms. The Bertz CT molecular complexity index is 1120. The molecule has 0 aromatic heterocycles. The third kappa shape index (κ3) is 4.73. The van der Waals surface area contributed by atoms with Crippen LogP contribution >= 0.6 is 11.8 Å². The van der Waals surface area contributed by atoms with Crippen LogP contribution in [0.25, 0.3) is 0 Å². The highest BCUT2D eigenvalue weighted by Gasteiger charge is 2.30. The molecule has 1 heterocycles. The molecular formula is C25H24N2O4S. The molecule has 0 fully saturated rings. The third-order valence-electron chi connectivity index (χ3n) is 5.24. The second-order valence-electron chi connectivity index (χ2n) is 7.28. The molecule has 0 aliphatic carbocycles. The van der Waals surface area contributed by atoms with Gasteiger partial charge in [0, 0.05) is 22.6 Å². The molecule has 1 N–H and O–H groups in total. The van der Waals surface area contributed by atoms with Crippen LogP contribution in [0.1, 0.15) is 17.2 Å². The van der Waals surface area contributed by atoms with Gasteiger partial charge in [-0.15, -0.1) is 11.8 Å². The first-order valence-electron chi connectivity index (χ1n) is 10.2. The number of anilines is 2. The van der Waals surface area contributed by atoms with Crippen LogP contribution in [-0.4, -0.2) is 32.6 Å². The van der Waals surface area contributed by atoms with Crippen molar-refractivity contribution in [2.75, 3.05) is 31.0 Å². The number of methoxy groups -OCH3 is 2. The van der Waals surface area contributed by atoms with Crippen molar-refractivity contribution in [2.45, 2.75) is 16.6 Å². The minimum absolute atomic E-state index is 0.0172. The van der Waals surface area contributed by atoms with E-state index in [0.717, 1.165) is 16.1 Å². The number of thioether (sulfide) groups is 1. The van der Waals surface area contributed by atoms with E-state index in [9.17, 15) is 9.59 Å². The highest BCUT2D eigenvalue weighted by atomic mass is 32.2. The van der Waals surface area contributed by atoms with Gasteiger partial charge in [0.2, 0.25) is 11.8 Å². The first kappa shape index (κ1) is 21.8. The summed E-state index contributed by atoms with van der Waals surface area (Å²) in [7, 11) is 3.09. The van der Waals surface area contributed by atoms with Gasteiger partial charge in [0.1, 0.15) is 18.0 Å². The average molecular weight is 449 g/mol. The predicted molar refractivity (Wildman–Crippen MR) is 127 cm³/mol. The second-order valence-corrected chi connectivity index (χ2v) is 8.53. The Morgan fingerprint density at radius 2 is 1.78 bits per heavy atom. The molecular weight excluding hydrogens is 424 g/mol. The van der Waals surface area contributed by atoms with Crippen molar-refractivity contribution >= 4 is 35.0 Å². The monoisotopic (exact) mass is 448 g/mol. The Morgan fingerprint density at radius 1 is 1.03 bits per heavy atom. The SMILES string of the molecule is COc1ccc(OC)c(NC(=O)CN2C(=O)CC(c3ccccc3)Sc3ccccc32)c1. The molecule has 2 amide bonds. The molecule has 1 unspecified atom stereocenters. The van der Waals surface area contributed by atoms with E-state index in [1.54, 1.807) is 42.0 Å². The predicted octanol–water partition coefficient (Wildman–Crippen LogP) is 4.91. The van der Waals surface area contributed by atoms with Crippen LogP contribution in [0.3, 0.4) is 0 Å². The van der Waals surface area contributed by atoms with Crippen molar-refractivity contribution < 1.29 is 19.1 Å². The number of nitrogens with zero attached hydrogens (tertiary/aromatic N) is 1. The summed E-state index contributed by atoms with van der Waals surface area (Å²) in [5, 5.41) is 2.84. The van der Waals surface area contributed by atoms with Crippen molar-refractivity contribution in [1.82, 2.24) is 0 Å². The number of carbonyl (C=O) groups is 2. The van der Waals surface area contributed by atoms with Gasteiger partial charge in [0.05, 0.1) is 25.6 Å². The molecule has 0 bridgehead atoms. The van der Waals surface area contributed by atoms with Gasteiger partial charge in [-0.2, -0.15) is 0 Å². The quantitative estimate of drug-likeness (QED) is 0.580. The largest absolute Gasteiger partial charge is 0.497 e. The molecule has 164 valence electrons. The van der Waals surface area contributed by atoms with E-state index in [2.05, 4.69) is 5.32 Å². The molecule has 0 saturated carbocycles. The third-order valence-corrected chi connectivity index (χ3v) is 6.56. The van der Waals surface area contributed by atoms with Crippen LogP contribution in [0.5, 0.6) is 11.5 Å². The van der Waals surface area contributed by atoms with Crippen LogP contribution in [0.4, 0.5) is 11.4 Å². The number of fused-ring (bicyclic) bond motifs is 1. The topological polar surface area (TPSA) is 67.9 Å². The summed E-state index contributed by atoms with van der Waals surface area (Å²) < 4.78 is 10.6. The summed E-state index contributed by atoms with van der Waals surface area (Å²) in [6.45, 7) is -0.0989. The van der Waals surface area contributed by atoms with Crippen molar-refractivity contribution in [3.63, 3.8) is 0 Å². The normalized spacial score (nSPS) is 15.5. The summed E-state index contributed by atoms with van der Waals surface area (Å²) in [5.41, 5.74) is 2.32. The van der Waals surface area contributed by atoms with Gasteiger partial charge in [-0.3, -0.25) is 9.59 Å². The fourth-order valence-electron chi connectivity index (χ4n) is 3.65. The first-order chi connectivity index (χ1) is 15.6. The van der Waals surface area contributed by atoms with E-state index in [1.165, 1.54) is 7.11 Å². The number of carbonyl (C=O) groups excluding carboxylic acids is 2. The maximum Gasteiger partial charge on any atom is 0.244 e. The Labute approximate surface area is 191 Å². The van der Waals surface area contributed by atoms with Crippen LogP contribution < -0.4 is 19.7 Å². The summed E-state index contributed by atoms with van der Waals surface area (Å²) in [4.78, 5) is 28.8. The Hall–Kier alpha value is -3.45. The van der Waals surface area contributed by atoms with E-state index < -0.39 is 0 Å². The summed E-state index contributed by atoms with van der Waals surface area (Å²) in [6, 6.07) is 22.8. The minimum atomic E-state index is -0.317. The zero-order valence-electron chi connectivity index (χ0n) is 17.9. The maximum absolute atomic E-state index is 13.3. The summed E-state index contributed by atoms with van der Waals surface area (Å²) in [6.07, 6.45) is 0.305. The van der Waals surface area contributed by atoms with Gasteiger partial charge in [0.15, 0.2) is 0 Å². The molecule has 0 radical (unpaired) electrons. The van der Waals surface area contributed by atoms with Crippen molar-refractivity contribution in [3.8, 4) is 11.5 Å². The number of nitrogens with one attached hydrogen (secondary N) is 1. The van der Waals surface area contributed by atoms with Gasteiger partial charge < -0.3 is 19.7 Å². The van der Waals surface area contributed by atoms with Gasteiger partial charge in [-0.25, -0.2) is 0 Å². The zero-order chi connectivity index (χ0) is 22.5. The van der Waals surface area contributed by atoms with E-state index in [0.29, 0.717) is 23.6 Å².